The van der Waals surface area contributed by atoms with Crippen LogP contribution in [0.1, 0.15) is 26.7 Å². The standard InChI is InChI=1S/C12H27N3/c1-5-11(2)15-8-6-7-14(4)10-12(15)9-13-3/h11-13H,5-10H2,1-4H3. The molecular formula is C12H27N3. The van der Waals surface area contributed by atoms with Crippen molar-refractivity contribution in [2.45, 2.75) is 38.8 Å². The summed E-state index contributed by atoms with van der Waals surface area (Å²) in [5, 5.41) is 3.33. The van der Waals surface area contributed by atoms with Gasteiger partial charge in [0.25, 0.3) is 0 Å². The number of nitrogens with zero attached hydrogens (tertiary/aromatic N) is 2. The first-order valence-electron chi connectivity index (χ1n) is 6.28. The molecule has 0 bridgehead atoms. The summed E-state index contributed by atoms with van der Waals surface area (Å²) in [6.07, 6.45) is 2.56. The average molecular weight is 213 g/mol. The summed E-state index contributed by atoms with van der Waals surface area (Å²) in [5.74, 6) is 0. The Balaban J connectivity index is 2.62. The first-order chi connectivity index (χ1) is 7.19. The van der Waals surface area contributed by atoms with Gasteiger partial charge in [0, 0.05) is 31.7 Å². The van der Waals surface area contributed by atoms with Crippen LogP contribution in [0, 0.1) is 0 Å². The molecule has 90 valence electrons. The van der Waals surface area contributed by atoms with E-state index < -0.39 is 0 Å². The van der Waals surface area contributed by atoms with Crippen LogP contribution in [-0.4, -0.2) is 62.2 Å². The minimum absolute atomic E-state index is 0.678. The normalized spacial score (nSPS) is 27.6. The maximum absolute atomic E-state index is 3.33. The van der Waals surface area contributed by atoms with E-state index >= 15 is 0 Å². The molecule has 1 aliphatic rings. The summed E-state index contributed by atoms with van der Waals surface area (Å²) in [5.41, 5.74) is 0. The molecule has 0 radical (unpaired) electrons. The Morgan fingerprint density at radius 1 is 1.40 bits per heavy atom. The van der Waals surface area contributed by atoms with Gasteiger partial charge in [-0.3, -0.25) is 4.90 Å². The molecule has 15 heavy (non-hydrogen) atoms. The number of nitrogens with one attached hydrogen (secondary N) is 1. The summed E-state index contributed by atoms with van der Waals surface area (Å²) in [4.78, 5) is 5.14. The van der Waals surface area contributed by atoms with Crippen molar-refractivity contribution in [3.63, 3.8) is 0 Å². The first-order valence-corrected chi connectivity index (χ1v) is 6.28. The van der Waals surface area contributed by atoms with Gasteiger partial charge in [0.05, 0.1) is 0 Å². The van der Waals surface area contributed by atoms with Crippen LogP contribution in [0.25, 0.3) is 0 Å². The van der Waals surface area contributed by atoms with Crippen LogP contribution in [0.5, 0.6) is 0 Å². The molecule has 2 unspecified atom stereocenters. The van der Waals surface area contributed by atoms with Crippen molar-refractivity contribution in [2.75, 3.05) is 40.3 Å². The van der Waals surface area contributed by atoms with E-state index in [4.69, 9.17) is 0 Å². The third kappa shape index (κ3) is 3.74. The van der Waals surface area contributed by atoms with Crippen molar-refractivity contribution in [1.82, 2.24) is 15.1 Å². The molecule has 2 atom stereocenters. The molecule has 1 rings (SSSR count). The van der Waals surface area contributed by atoms with Gasteiger partial charge in [0.15, 0.2) is 0 Å². The van der Waals surface area contributed by atoms with Gasteiger partial charge in [-0.1, -0.05) is 6.92 Å². The van der Waals surface area contributed by atoms with Crippen molar-refractivity contribution < 1.29 is 0 Å². The number of rotatable bonds is 4. The molecule has 1 N–H and O–H groups in total. The molecule has 0 amide bonds. The summed E-state index contributed by atoms with van der Waals surface area (Å²) < 4.78 is 0. The van der Waals surface area contributed by atoms with Crippen LogP contribution < -0.4 is 5.32 Å². The van der Waals surface area contributed by atoms with E-state index in [9.17, 15) is 0 Å². The lowest BCUT2D eigenvalue weighted by Crippen LogP contribution is -2.49. The fraction of sp³-hybridized carbons (Fsp3) is 1.00. The van der Waals surface area contributed by atoms with Gasteiger partial charge in [0.1, 0.15) is 0 Å². The fourth-order valence-electron chi connectivity index (χ4n) is 2.49. The van der Waals surface area contributed by atoms with Gasteiger partial charge in [0.2, 0.25) is 0 Å². The Kier molecular flexibility index (Phi) is 5.58. The van der Waals surface area contributed by atoms with Crippen molar-refractivity contribution in [2.24, 2.45) is 0 Å². The number of likely N-dealkylation sites (N-methyl/N-ethyl adjacent to an activating group) is 2. The molecule has 1 saturated heterocycles. The van der Waals surface area contributed by atoms with Crippen LogP contribution in [0.15, 0.2) is 0 Å². The fourth-order valence-corrected chi connectivity index (χ4v) is 2.49. The highest BCUT2D eigenvalue weighted by Crippen LogP contribution is 2.14. The number of hydrogen-bond donors (Lipinski definition) is 1. The second-order valence-electron chi connectivity index (χ2n) is 4.82. The quantitative estimate of drug-likeness (QED) is 0.752. The van der Waals surface area contributed by atoms with Crippen LogP contribution >= 0.6 is 0 Å². The Morgan fingerprint density at radius 3 is 2.73 bits per heavy atom. The number of hydrogen-bond acceptors (Lipinski definition) is 3. The van der Waals surface area contributed by atoms with E-state index in [0.717, 1.165) is 12.6 Å². The van der Waals surface area contributed by atoms with Gasteiger partial charge in [-0.2, -0.15) is 0 Å². The van der Waals surface area contributed by atoms with Crippen molar-refractivity contribution in [3.05, 3.63) is 0 Å². The third-order valence-electron chi connectivity index (χ3n) is 3.54. The van der Waals surface area contributed by atoms with E-state index in [0.29, 0.717) is 6.04 Å². The highest BCUT2D eigenvalue weighted by Gasteiger charge is 2.25. The molecular weight excluding hydrogens is 186 g/mol. The summed E-state index contributed by atoms with van der Waals surface area (Å²) >= 11 is 0. The van der Waals surface area contributed by atoms with Crippen LogP contribution in [-0.2, 0) is 0 Å². The summed E-state index contributed by atoms with van der Waals surface area (Å²) in [7, 11) is 4.29. The lowest BCUT2D eigenvalue weighted by Gasteiger charge is -2.35. The summed E-state index contributed by atoms with van der Waals surface area (Å²) in [6.45, 7) is 9.45. The molecule has 0 aliphatic carbocycles. The molecule has 0 spiro atoms. The van der Waals surface area contributed by atoms with Crippen LogP contribution in [0.3, 0.4) is 0 Å². The van der Waals surface area contributed by atoms with Gasteiger partial charge in [-0.15, -0.1) is 0 Å². The predicted octanol–water partition coefficient (Wildman–Crippen LogP) is 1.01. The molecule has 3 heteroatoms. The highest BCUT2D eigenvalue weighted by atomic mass is 15.3. The van der Waals surface area contributed by atoms with E-state index in [-0.39, 0.29) is 0 Å². The molecule has 1 heterocycles. The Bertz CT molecular complexity index is 172. The van der Waals surface area contributed by atoms with Crippen LogP contribution in [0.2, 0.25) is 0 Å². The maximum Gasteiger partial charge on any atom is 0.0350 e. The zero-order valence-corrected chi connectivity index (χ0v) is 10.8. The van der Waals surface area contributed by atoms with Gasteiger partial charge >= 0.3 is 0 Å². The smallest absolute Gasteiger partial charge is 0.0350 e. The van der Waals surface area contributed by atoms with Crippen LogP contribution in [0.4, 0.5) is 0 Å². The SMILES string of the molecule is CCC(C)N1CCCN(C)CC1CNC. The molecule has 0 aromatic carbocycles. The highest BCUT2D eigenvalue weighted by molar-refractivity contribution is 4.83. The molecule has 0 saturated carbocycles. The van der Waals surface area contributed by atoms with E-state index in [1.807, 2.05) is 0 Å². The Hall–Kier alpha value is -0.120. The lowest BCUT2D eigenvalue weighted by molar-refractivity contribution is 0.137. The molecule has 1 aliphatic heterocycles. The predicted molar refractivity (Wildman–Crippen MR) is 66.3 cm³/mol. The second-order valence-corrected chi connectivity index (χ2v) is 4.82. The van der Waals surface area contributed by atoms with E-state index in [2.05, 4.69) is 43.1 Å². The van der Waals surface area contributed by atoms with Gasteiger partial charge < -0.3 is 10.2 Å². The van der Waals surface area contributed by atoms with Crippen molar-refractivity contribution in [3.8, 4) is 0 Å². The van der Waals surface area contributed by atoms with E-state index in [1.54, 1.807) is 0 Å². The van der Waals surface area contributed by atoms with E-state index in [1.165, 1.54) is 32.5 Å². The third-order valence-corrected chi connectivity index (χ3v) is 3.54. The zero-order chi connectivity index (χ0) is 11.3. The van der Waals surface area contributed by atoms with Crippen molar-refractivity contribution >= 4 is 0 Å². The Morgan fingerprint density at radius 2 is 2.13 bits per heavy atom. The minimum Gasteiger partial charge on any atom is -0.318 e. The summed E-state index contributed by atoms with van der Waals surface area (Å²) in [6, 6.07) is 1.40. The largest absolute Gasteiger partial charge is 0.318 e. The molecule has 1 fully saturated rings. The van der Waals surface area contributed by atoms with Crippen molar-refractivity contribution in [1.29, 1.82) is 0 Å². The molecule has 0 aromatic rings. The first kappa shape index (κ1) is 12.9. The molecule has 3 nitrogen and oxygen atoms in total. The second kappa shape index (κ2) is 6.46. The zero-order valence-electron chi connectivity index (χ0n) is 10.8. The lowest BCUT2D eigenvalue weighted by atomic mass is 10.1. The minimum atomic E-state index is 0.678. The maximum atomic E-state index is 3.33. The Labute approximate surface area is 94.8 Å². The monoisotopic (exact) mass is 213 g/mol. The van der Waals surface area contributed by atoms with Gasteiger partial charge in [-0.25, -0.2) is 0 Å². The van der Waals surface area contributed by atoms with Gasteiger partial charge in [-0.05, 0) is 40.4 Å². The average Bonchev–Trinajstić information content (AvgIpc) is 2.39. The molecule has 0 aromatic heterocycles. The topological polar surface area (TPSA) is 18.5 Å².